The quantitative estimate of drug-likeness (QED) is 0.354. The second-order valence-corrected chi connectivity index (χ2v) is 2.67. The van der Waals surface area contributed by atoms with Crippen molar-refractivity contribution in [2.24, 2.45) is 5.84 Å². The van der Waals surface area contributed by atoms with E-state index in [0.29, 0.717) is 11.2 Å². The Morgan fingerprint density at radius 2 is 2.43 bits per heavy atom. The smallest absolute Gasteiger partial charge is 0.253 e. The van der Waals surface area contributed by atoms with E-state index in [9.17, 15) is 4.79 Å². The molecule has 0 aliphatic heterocycles. The van der Waals surface area contributed by atoms with Crippen LogP contribution in [-0.4, -0.2) is 25.4 Å². The maximum Gasteiger partial charge on any atom is 0.253 e. The van der Waals surface area contributed by atoms with E-state index in [0.717, 1.165) is 0 Å². The Morgan fingerprint density at radius 1 is 1.57 bits per heavy atom. The minimum atomic E-state index is -0.303. The predicted octanol–water partition coefficient (Wildman–Crippen LogP) is -1.18. The molecule has 14 heavy (non-hydrogen) atoms. The number of nitrogens with one attached hydrogen (secondary N) is 1. The summed E-state index contributed by atoms with van der Waals surface area (Å²) in [5.41, 5.74) is 3.30. The number of nitrogens with two attached hydrogens (primary N) is 1. The first-order valence-electron chi connectivity index (χ1n) is 3.91. The van der Waals surface area contributed by atoms with Crippen molar-refractivity contribution in [2.45, 2.75) is 6.54 Å². The Morgan fingerprint density at radius 3 is 3.21 bits per heavy atom. The lowest BCUT2D eigenvalue weighted by atomic mass is 10.5. The van der Waals surface area contributed by atoms with Gasteiger partial charge in [-0.15, -0.1) is 0 Å². The molecule has 7 heteroatoms. The monoisotopic (exact) mass is 192 g/mol. The van der Waals surface area contributed by atoms with E-state index in [1.54, 1.807) is 10.8 Å². The highest BCUT2D eigenvalue weighted by Gasteiger charge is 2.06. The van der Waals surface area contributed by atoms with E-state index in [4.69, 9.17) is 5.84 Å². The average Bonchev–Trinajstić information content (AvgIpc) is 2.62. The van der Waals surface area contributed by atoms with Crippen LogP contribution in [0.15, 0.2) is 18.9 Å². The van der Waals surface area contributed by atoms with Gasteiger partial charge >= 0.3 is 0 Å². The van der Waals surface area contributed by atoms with E-state index in [1.807, 2.05) is 5.43 Å². The number of hydrogen-bond donors (Lipinski definition) is 2. The van der Waals surface area contributed by atoms with E-state index >= 15 is 0 Å². The lowest BCUT2D eigenvalue weighted by Gasteiger charge is -2.00. The zero-order valence-electron chi connectivity index (χ0n) is 7.21. The predicted molar refractivity (Wildman–Crippen MR) is 47.7 cm³/mol. The number of fused-ring (bicyclic) bond motifs is 1. The third-order valence-corrected chi connectivity index (χ3v) is 1.76. The number of amides is 1. The number of imidazole rings is 1. The summed E-state index contributed by atoms with van der Waals surface area (Å²) in [7, 11) is 0. The molecule has 0 aliphatic rings. The van der Waals surface area contributed by atoms with Gasteiger partial charge in [0.25, 0.3) is 5.91 Å². The van der Waals surface area contributed by atoms with Crippen LogP contribution in [0, 0.1) is 0 Å². The van der Waals surface area contributed by atoms with Gasteiger partial charge in [-0.05, 0) is 0 Å². The molecule has 0 unspecified atom stereocenters. The lowest BCUT2D eigenvalue weighted by molar-refractivity contribution is -0.121. The SMILES string of the molecule is NNC(=O)Cn1cnc2cncnc21. The summed E-state index contributed by atoms with van der Waals surface area (Å²) in [4.78, 5) is 22.8. The second kappa shape index (κ2) is 3.38. The summed E-state index contributed by atoms with van der Waals surface area (Å²) in [6, 6.07) is 0. The zero-order valence-corrected chi connectivity index (χ0v) is 7.21. The molecule has 0 aromatic carbocycles. The van der Waals surface area contributed by atoms with Crippen molar-refractivity contribution in [1.29, 1.82) is 0 Å². The van der Waals surface area contributed by atoms with Crippen LogP contribution >= 0.6 is 0 Å². The van der Waals surface area contributed by atoms with E-state index < -0.39 is 0 Å². The average molecular weight is 192 g/mol. The topological polar surface area (TPSA) is 98.7 Å². The molecule has 2 heterocycles. The maximum atomic E-state index is 11.0. The van der Waals surface area contributed by atoms with Crippen LogP contribution in [0.25, 0.3) is 11.2 Å². The summed E-state index contributed by atoms with van der Waals surface area (Å²) < 4.78 is 1.60. The summed E-state index contributed by atoms with van der Waals surface area (Å²) in [5.74, 6) is 4.66. The lowest BCUT2D eigenvalue weighted by Crippen LogP contribution is -2.33. The second-order valence-electron chi connectivity index (χ2n) is 2.67. The van der Waals surface area contributed by atoms with Crippen molar-refractivity contribution < 1.29 is 4.79 Å². The summed E-state index contributed by atoms with van der Waals surface area (Å²) in [5, 5.41) is 0. The minimum Gasteiger partial charge on any atom is -0.306 e. The number of nitrogens with zero attached hydrogens (tertiary/aromatic N) is 4. The van der Waals surface area contributed by atoms with Gasteiger partial charge in [-0.25, -0.2) is 20.8 Å². The molecule has 3 N–H and O–H groups in total. The van der Waals surface area contributed by atoms with E-state index in [1.165, 1.54) is 12.7 Å². The van der Waals surface area contributed by atoms with Crippen LogP contribution in [0.4, 0.5) is 0 Å². The Balaban J connectivity index is 2.38. The first-order valence-corrected chi connectivity index (χ1v) is 3.91. The number of carbonyl (C=O) groups is 1. The molecule has 0 bridgehead atoms. The number of hydrogen-bond acceptors (Lipinski definition) is 5. The van der Waals surface area contributed by atoms with Gasteiger partial charge in [0.2, 0.25) is 0 Å². The molecule has 7 nitrogen and oxygen atoms in total. The molecular formula is C7H8N6O. The van der Waals surface area contributed by atoms with Gasteiger partial charge in [-0.1, -0.05) is 0 Å². The van der Waals surface area contributed by atoms with Crippen molar-refractivity contribution >= 4 is 17.1 Å². The van der Waals surface area contributed by atoms with Crippen LogP contribution in [-0.2, 0) is 11.3 Å². The zero-order chi connectivity index (χ0) is 9.97. The Bertz CT molecular complexity index is 464. The van der Waals surface area contributed by atoms with Gasteiger partial charge in [-0.2, -0.15) is 0 Å². The Kier molecular flexibility index (Phi) is 2.07. The molecule has 0 radical (unpaired) electrons. The molecule has 0 aliphatic carbocycles. The first kappa shape index (κ1) is 8.57. The van der Waals surface area contributed by atoms with Crippen LogP contribution in [0.5, 0.6) is 0 Å². The van der Waals surface area contributed by atoms with Crippen molar-refractivity contribution in [2.75, 3.05) is 0 Å². The molecule has 0 spiro atoms. The molecule has 2 aromatic rings. The van der Waals surface area contributed by atoms with Crippen LogP contribution in [0.2, 0.25) is 0 Å². The number of carbonyl (C=O) groups excluding carboxylic acids is 1. The highest BCUT2D eigenvalue weighted by atomic mass is 16.2. The highest BCUT2D eigenvalue weighted by Crippen LogP contribution is 2.06. The molecule has 1 amide bonds. The molecule has 2 aromatic heterocycles. The number of rotatable bonds is 2. The molecule has 72 valence electrons. The molecule has 0 atom stereocenters. The van der Waals surface area contributed by atoms with E-state index in [2.05, 4.69) is 15.0 Å². The van der Waals surface area contributed by atoms with Crippen molar-refractivity contribution in [3.8, 4) is 0 Å². The van der Waals surface area contributed by atoms with Crippen molar-refractivity contribution in [3.05, 3.63) is 18.9 Å². The Hall–Kier alpha value is -2.02. The van der Waals surface area contributed by atoms with Gasteiger partial charge in [-0.3, -0.25) is 10.2 Å². The molecule has 0 saturated carbocycles. The van der Waals surface area contributed by atoms with Gasteiger partial charge < -0.3 is 4.57 Å². The van der Waals surface area contributed by atoms with Gasteiger partial charge in [0, 0.05) is 0 Å². The maximum absolute atomic E-state index is 11.0. The number of aromatic nitrogens is 4. The van der Waals surface area contributed by atoms with Crippen LogP contribution < -0.4 is 11.3 Å². The normalized spacial score (nSPS) is 10.4. The molecule has 0 fully saturated rings. The standard InChI is InChI=1S/C7H8N6O/c8-12-6(14)2-13-4-11-5-1-9-3-10-7(5)13/h1,3-4H,2,8H2,(H,12,14). The Labute approximate surface area is 78.9 Å². The van der Waals surface area contributed by atoms with Gasteiger partial charge in [0.05, 0.1) is 12.5 Å². The number of hydrazine groups is 1. The fourth-order valence-electron chi connectivity index (χ4n) is 1.13. The van der Waals surface area contributed by atoms with Gasteiger partial charge in [0.1, 0.15) is 18.4 Å². The third-order valence-electron chi connectivity index (χ3n) is 1.76. The summed E-state index contributed by atoms with van der Waals surface area (Å²) >= 11 is 0. The van der Waals surface area contributed by atoms with Crippen LogP contribution in [0.3, 0.4) is 0 Å². The van der Waals surface area contributed by atoms with Crippen LogP contribution in [0.1, 0.15) is 0 Å². The molecular weight excluding hydrogens is 184 g/mol. The first-order chi connectivity index (χ1) is 6.81. The fourth-order valence-corrected chi connectivity index (χ4v) is 1.13. The van der Waals surface area contributed by atoms with Crippen molar-refractivity contribution in [1.82, 2.24) is 24.9 Å². The fraction of sp³-hybridized carbons (Fsp3) is 0.143. The third kappa shape index (κ3) is 1.40. The summed E-state index contributed by atoms with van der Waals surface area (Å²) in [6.07, 6.45) is 4.51. The minimum absolute atomic E-state index is 0.101. The largest absolute Gasteiger partial charge is 0.306 e. The van der Waals surface area contributed by atoms with Gasteiger partial charge in [0.15, 0.2) is 5.65 Å². The highest BCUT2D eigenvalue weighted by molar-refractivity contribution is 5.77. The summed E-state index contributed by atoms with van der Waals surface area (Å²) in [6.45, 7) is 0.101. The molecule has 0 saturated heterocycles. The van der Waals surface area contributed by atoms with E-state index in [-0.39, 0.29) is 12.5 Å². The molecule has 2 rings (SSSR count). The van der Waals surface area contributed by atoms with Crippen molar-refractivity contribution in [3.63, 3.8) is 0 Å².